The Morgan fingerprint density at radius 2 is 1.62 bits per heavy atom. The molecule has 1 N–H and O–H groups in total. The predicted molar refractivity (Wildman–Crippen MR) is 203 cm³/mol. The number of carbonyl (C=O) groups excluding carboxylic acids is 3. The minimum Gasteiger partial charge on any atom is -0.497 e. The second-order valence-corrected chi connectivity index (χ2v) is 19.9. The van der Waals surface area contributed by atoms with Gasteiger partial charge >= 0.3 is 0 Å². The standard InChI is InChI=1S/C40H46N6O6Si/c1-26-38(53(3,4)32-12-10-31(51-2)11-13-32)35(15-19-43-25-28(18-22-47)41-42-43)52-40(26)33-23-30(45-21-17-37(45)49)9-14-34(33)46(39(40)50)24-27-5-7-29(8-6-27)44-20-16-36(44)48/h5-14,23,25-26,35,38,47H,15-22,24H2,1-4H3/t26-,35+,38-,40+/m1/s1. The Balaban J connectivity index is 1.19. The molecule has 5 heterocycles. The Morgan fingerprint density at radius 1 is 0.943 bits per heavy atom. The van der Waals surface area contributed by atoms with Gasteiger partial charge in [-0.25, -0.2) is 0 Å². The van der Waals surface area contributed by atoms with E-state index in [1.165, 1.54) is 5.19 Å². The largest absolute Gasteiger partial charge is 0.497 e. The van der Waals surface area contributed by atoms with Crippen molar-refractivity contribution in [3.63, 3.8) is 0 Å². The molecule has 8 rings (SSSR count). The van der Waals surface area contributed by atoms with E-state index in [9.17, 15) is 14.7 Å². The Bertz CT molecular complexity index is 2050. The number of aliphatic hydroxyl groups excluding tert-OH is 1. The Morgan fingerprint density at radius 3 is 2.25 bits per heavy atom. The summed E-state index contributed by atoms with van der Waals surface area (Å²) in [6.07, 6.45) is 3.68. The second kappa shape index (κ2) is 13.5. The first-order valence-corrected chi connectivity index (χ1v) is 21.6. The first-order chi connectivity index (χ1) is 25.5. The van der Waals surface area contributed by atoms with Crippen LogP contribution in [-0.2, 0) is 44.2 Å². The summed E-state index contributed by atoms with van der Waals surface area (Å²) in [5.74, 6) is 0.660. The molecule has 0 aliphatic carbocycles. The summed E-state index contributed by atoms with van der Waals surface area (Å²) in [6, 6.07) is 22.1. The van der Waals surface area contributed by atoms with Crippen molar-refractivity contribution >= 4 is 48.0 Å². The fourth-order valence-electron chi connectivity index (χ4n) is 8.97. The molecule has 0 bridgehead atoms. The number of ether oxygens (including phenoxy) is 2. The van der Waals surface area contributed by atoms with Crippen LogP contribution in [0.5, 0.6) is 5.75 Å². The zero-order valence-electron chi connectivity index (χ0n) is 30.7. The third-order valence-corrected chi connectivity index (χ3v) is 16.4. The van der Waals surface area contributed by atoms with Gasteiger partial charge in [-0.05, 0) is 60.0 Å². The molecular formula is C40H46N6O6Si. The van der Waals surface area contributed by atoms with Gasteiger partial charge in [0.2, 0.25) is 11.8 Å². The van der Waals surface area contributed by atoms with Crippen molar-refractivity contribution in [2.24, 2.45) is 5.92 Å². The molecule has 13 heteroatoms. The Kier molecular flexibility index (Phi) is 8.98. The van der Waals surface area contributed by atoms with E-state index in [1.807, 2.05) is 65.7 Å². The molecular weight excluding hydrogens is 689 g/mol. The molecule has 0 saturated carbocycles. The lowest BCUT2D eigenvalue weighted by Crippen LogP contribution is -2.51. The van der Waals surface area contributed by atoms with E-state index in [0.29, 0.717) is 45.3 Å². The number of aryl methyl sites for hydroxylation is 1. The van der Waals surface area contributed by atoms with Crippen LogP contribution in [0.1, 0.15) is 43.0 Å². The highest BCUT2D eigenvalue weighted by atomic mass is 28.3. The summed E-state index contributed by atoms with van der Waals surface area (Å²) < 4.78 is 14.6. The highest BCUT2D eigenvalue weighted by Gasteiger charge is 2.66. The van der Waals surface area contributed by atoms with E-state index in [-0.39, 0.29) is 41.9 Å². The maximum Gasteiger partial charge on any atom is 0.264 e. The van der Waals surface area contributed by atoms with Gasteiger partial charge in [-0.1, -0.05) is 54.7 Å². The second-order valence-electron chi connectivity index (χ2n) is 15.2. The lowest BCUT2D eigenvalue weighted by molar-refractivity contribution is -0.146. The number of methoxy groups -OCH3 is 1. The molecule has 0 radical (unpaired) electrons. The van der Waals surface area contributed by atoms with E-state index in [4.69, 9.17) is 9.47 Å². The highest BCUT2D eigenvalue weighted by molar-refractivity contribution is 6.91. The number of rotatable bonds is 12. The van der Waals surface area contributed by atoms with Crippen molar-refractivity contribution in [1.29, 1.82) is 0 Å². The predicted octanol–water partition coefficient (Wildman–Crippen LogP) is 4.15. The van der Waals surface area contributed by atoms with Crippen molar-refractivity contribution in [2.75, 3.05) is 41.5 Å². The SMILES string of the molecule is COc1ccc([Si](C)(C)[C@H]2[C@H](CCn3cc(CCO)nn3)O[C@@]3(C(=O)N(Cc4ccc(N5CCC5=O)cc4)c4ccc(N5CCC5=O)cc43)[C@@H]2C)cc1. The monoisotopic (exact) mass is 734 g/mol. The highest BCUT2D eigenvalue weighted by Crippen LogP contribution is 2.60. The number of β-lactam (4-membered cyclic amide) rings is 2. The zero-order chi connectivity index (χ0) is 37.1. The smallest absolute Gasteiger partial charge is 0.264 e. The van der Waals surface area contributed by atoms with Crippen molar-refractivity contribution in [2.45, 2.75) is 76.0 Å². The summed E-state index contributed by atoms with van der Waals surface area (Å²) in [7, 11) is -0.718. The number of benzene rings is 3. The van der Waals surface area contributed by atoms with Crippen LogP contribution in [0, 0.1) is 5.92 Å². The summed E-state index contributed by atoms with van der Waals surface area (Å²) in [5.41, 5.74) is 3.63. The topological polar surface area (TPSA) is 130 Å². The summed E-state index contributed by atoms with van der Waals surface area (Å²) in [5, 5.41) is 19.2. The summed E-state index contributed by atoms with van der Waals surface area (Å²) in [4.78, 5) is 45.4. The number of anilines is 3. The van der Waals surface area contributed by atoms with Crippen LogP contribution in [0.25, 0.3) is 0 Å². The number of hydrogen-bond acceptors (Lipinski definition) is 8. The third-order valence-electron chi connectivity index (χ3n) is 12.0. The van der Waals surface area contributed by atoms with Crippen LogP contribution in [0.3, 0.4) is 0 Å². The average Bonchev–Trinajstić information content (AvgIpc) is 3.80. The van der Waals surface area contributed by atoms with Crippen molar-refractivity contribution in [3.8, 4) is 5.75 Å². The Labute approximate surface area is 310 Å². The van der Waals surface area contributed by atoms with Gasteiger partial charge in [0.25, 0.3) is 5.91 Å². The van der Waals surface area contributed by atoms with E-state index in [2.05, 4.69) is 42.5 Å². The number of fused-ring (bicyclic) bond motifs is 2. The van der Waals surface area contributed by atoms with Crippen LogP contribution in [0.2, 0.25) is 18.6 Å². The summed E-state index contributed by atoms with van der Waals surface area (Å²) >= 11 is 0. The Hall–Kier alpha value is -4.85. The minimum absolute atomic E-state index is 0.000510. The van der Waals surface area contributed by atoms with E-state index in [1.54, 1.807) is 21.6 Å². The normalized spacial score (nSPS) is 23.8. The molecule has 1 spiro atoms. The van der Waals surface area contributed by atoms with Gasteiger partial charge in [-0.3, -0.25) is 19.1 Å². The van der Waals surface area contributed by atoms with Crippen LogP contribution in [0.4, 0.5) is 17.1 Å². The van der Waals surface area contributed by atoms with Crippen molar-refractivity contribution in [1.82, 2.24) is 15.0 Å². The maximum atomic E-state index is 15.3. The number of aliphatic hydroxyl groups is 1. The molecule has 0 unspecified atom stereocenters. The number of hydrogen-bond donors (Lipinski definition) is 1. The molecule has 4 aromatic rings. The van der Waals surface area contributed by atoms with Gasteiger partial charge in [0, 0.05) is 74.6 Å². The fourth-order valence-corrected chi connectivity index (χ4v) is 13.0. The molecule has 4 atom stereocenters. The molecule has 3 saturated heterocycles. The van der Waals surface area contributed by atoms with E-state index < -0.39 is 13.7 Å². The van der Waals surface area contributed by atoms with E-state index >= 15 is 4.79 Å². The molecule has 3 aromatic carbocycles. The van der Waals surface area contributed by atoms with Crippen LogP contribution in [0.15, 0.2) is 72.9 Å². The van der Waals surface area contributed by atoms with Crippen LogP contribution in [-0.4, -0.2) is 78.8 Å². The molecule has 276 valence electrons. The van der Waals surface area contributed by atoms with Gasteiger partial charge in [0.1, 0.15) is 5.75 Å². The van der Waals surface area contributed by atoms with Gasteiger partial charge in [0.05, 0.1) is 39.2 Å². The van der Waals surface area contributed by atoms with Crippen molar-refractivity contribution < 1.29 is 29.0 Å². The number of carbonyl (C=O) groups is 3. The lowest BCUT2D eigenvalue weighted by atomic mass is 9.82. The maximum absolute atomic E-state index is 15.3. The number of amides is 3. The van der Waals surface area contributed by atoms with E-state index in [0.717, 1.165) is 46.2 Å². The van der Waals surface area contributed by atoms with Gasteiger partial charge in [0.15, 0.2) is 5.60 Å². The quantitative estimate of drug-likeness (QED) is 0.170. The molecule has 12 nitrogen and oxygen atoms in total. The van der Waals surface area contributed by atoms with Gasteiger partial charge < -0.3 is 29.3 Å². The van der Waals surface area contributed by atoms with Gasteiger partial charge in [-0.15, -0.1) is 5.10 Å². The zero-order valence-corrected chi connectivity index (χ0v) is 31.7. The van der Waals surface area contributed by atoms with Gasteiger partial charge in [-0.2, -0.15) is 0 Å². The number of nitrogens with zero attached hydrogens (tertiary/aromatic N) is 6. The average molecular weight is 735 g/mol. The third kappa shape index (κ3) is 5.85. The number of aromatic nitrogens is 3. The molecule has 1 aromatic heterocycles. The first-order valence-electron chi connectivity index (χ1n) is 18.5. The lowest BCUT2D eigenvalue weighted by Gasteiger charge is -2.37. The fraction of sp³-hybridized carbons (Fsp3) is 0.425. The molecule has 3 fully saturated rings. The van der Waals surface area contributed by atoms with Crippen LogP contribution < -0.4 is 24.6 Å². The molecule has 53 heavy (non-hydrogen) atoms. The minimum atomic E-state index is -2.38. The van der Waals surface area contributed by atoms with Crippen LogP contribution >= 0.6 is 0 Å². The first kappa shape index (κ1) is 35.2. The van der Waals surface area contributed by atoms with Crippen molar-refractivity contribution in [3.05, 3.63) is 89.7 Å². The molecule has 4 aliphatic rings. The molecule has 4 aliphatic heterocycles. The molecule has 3 amide bonds. The summed E-state index contributed by atoms with van der Waals surface area (Å²) in [6.45, 7) is 9.12.